The standard InChI is InChI=1S/C24H24N4O2/c1-3-14-30-21-7-5-6-18(15-21)24(29)25-19-10-13-22-23(16-19)27-28(26-22)20-11-8-17(4-2)9-12-20/h5-13,15-16H,3-4,14H2,1-2H3,(H,25,29). The molecule has 1 N–H and O–H groups in total. The second kappa shape index (κ2) is 8.78. The lowest BCUT2D eigenvalue weighted by Crippen LogP contribution is -2.12. The molecule has 4 rings (SSSR count). The molecule has 0 spiro atoms. The van der Waals surface area contributed by atoms with Gasteiger partial charge in [0.2, 0.25) is 0 Å². The number of carbonyl (C=O) groups is 1. The third kappa shape index (κ3) is 4.33. The van der Waals surface area contributed by atoms with E-state index < -0.39 is 0 Å². The van der Waals surface area contributed by atoms with E-state index in [2.05, 4.69) is 34.6 Å². The number of aryl methyl sites for hydroxylation is 1. The Bertz CT molecular complexity index is 1170. The summed E-state index contributed by atoms with van der Waals surface area (Å²) in [5, 5.41) is 12.0. The highest BCUT2D eigenvalue weighted by atomic mass is 16.5. The smallest absolute Gasteiger partial charge is 0.255 e. The molecule has 0 atom stereocenters. The van der Waals surface area contributed by atoms with Gasteiger partial charge in [0.25, 0.3) is 5.91 Å². The van der Waals surface area contributed by atoms with Gasteiger partial charge in [-0.3, -0.25) is 4.79 Å². The van der Waals surface area contributed by atoms with Crippen LogP contribution in [0.2, 0.25) is 0 Å². The maximum Gasteiger partial charge on any atom is 0.255 e. The molecule has 0 fully saturated rings. The van der Waals surface area contributed by atoms with Crippen molar-refractivity contribution >= 4 is 22.6 Å². The maximum atomic E-state index is 12.7. The van der Waals surface area contributed by atoms with Crippen LogP contribution in [0.15, 0.2) is 66.7 Å². The molecule has 1 heterocycles. The molecular weight excluding hydrogens is 376 g/mol. The van der Waals surface area contributed by atoms with E-state index in [1.165, 1.54) is 5.56 Å². The number of hydrogen-bond donors (Lipinski definition) is 1. The summed E-state index contributed by atoms with van der Waals surface area (Å²) in [6.45, 7) is 4.79. The van der Waals surface area contributed by atoms with Crippen LogP contribution in [0, 0.1) is 0 Å². The first-order valence-corrected chi connectivity index (χ1v) is 10.2. The number of aromatic nitrogens is 3. The number of benzene rings is 3. The summed E-state index contributed by atoms with van der Waals surface area (Å²) in [6.07, 6.45) is 1.91. The van der Waals surface area contributed by atoms with E-state index in [1.54, 1.807) is 16.9 Å². The van der Waals surface area contributed by atoms with Gasteiger partial charge in [-0.1, -0.05) is 32.0 Å². The molecule has 4 aromatic rings. The Hall–Kier alpha value is -3.67. The van der Waals surface area contributed by atoms with Crippen molar-refractivity contribution in [2.75, 3.05) is 11.9 Å². The Balaban J connectivity index is 1.52. The minimum atomic E-state index is -0.196. The zero-order valence-corrected chi connectivity index (χ0v) is 17.1. The molecule has 0 aliphatic heterocycles. The number of anilines is 1. The van der Waals surface area contributed by atoms with E-state index >= 15 is 0 Å². The number of nitrogens with zero attached hydrogens (tertiary/aromatic N) is 3. The van der Waals surface area contributed by atoms with Crippen molar-refractivity contribution in [1.82, 2.24) is 15.0 Å². The average molecular weight is 400 g/mol. The molecule has 0 aliphatic rings. The Morgan fingerprint density at radius 2 is 1.77 bits per heavy atom. The normalized spacial score (nSPS) is 10.9. The molecule has 0 bridgehead atoms. The summed E-state index contributed by atoms with van der Waals surface area (Å²) in [4.78, 5) is 14.3. The third-order valence-corrected chi connectivity index (χ3v) is 4.78. The maximum absolute atomic E-state index is 12.7. The van der Waals surface area contributed by atoms with Crippen molar-refractivity contribution in [1.29, 1.82) is 0 Å². The molecular formula is C24H24N4O2. The predicted molar refractivity (Wildman–Crippen MR) is 118 cm³/mol. The first-order chi connectivity index (χ1) is 14.7. The van der Waals surface area contributed by atoms with Crippen LogP contribution < -0.4 is 10.1 Å². The monoisotopic (exact) mass is 400 g/mol. The van der Waals surface area contributed by atoms with Crippen LogP contribution in [-0.2, 0) is 6.42 Å². The topological polar surface area (TPSA) is 69.0 Å². The van der Waals surface area contributed by atoms with Gasteiger partial charge in [-0.25, -0.2) is 0 Å². The van der Waals surface area contributed by atoms with Crippen LogP contribution in [0.25, 0.3) is 16.7 Å². The van der Waals surface area contributed by atoms with Gasteiger partial charge in [0.05, 0.1) is 12.3 Å². The van der Waals surface area contributed by atoms with E-state index in [0.717, 1.165) is 24.0 Å². The van der Waals surface area contributed by atoms with Crippen molar-refractivity contribution in [2.24, 2.45) is 0 Å². The molecule has 6 nitrogen and oxygen atoms in total. The molecule has 6 heteroatoms. The Labute approximate surface area is 175 Å². The third-order valence-electron chi connectivity index (χ3n) is 4.78. The SMILES string of the molecule is CCCOc1cccc(C(=O)Nc2ccc3nn(-c4ccc(CC)cc4)nc3c2)c1. The predicted octanol–water partition coefficient (Wildman–Crippen LogP) is 5.02. The van der Waals surface area contributed by atoms with E-state index in [-0.39, 0.29) is 5.91 Å². The lowest BCUT2D eigenvalue weighted by molar-refractivity contribution is 0.102. The fourth-order valence-corrected chi connectivity index (χ4v) is 3.12. The number of rotatable bonds is 7. The van der Waals surface area contributed by atoms with E-state index in [0.29, 0.717) is 29.1 Å². The van der Waals surface area contributed by atoms with Crippen LogP contribution in [-0.4, -0.2) is 27.5 Å². The largest absolute Gasteiger partial charge is 0.494 e. The van der Waals surface area contributed by atoms with Crippen LogP contribution in [0.1, 0.15) is 36.2 Å². The summed E-state index contributed by atoms with van der Waals surface area (Å²) in [6, 6.07) is 20.9. The van der Waals surface area contributed by atoms with Crippen LogP contribution >= 0.6 is 0 Å². The zero-order valence-electron chi connectivity index (χ0n) is 17.1. The lowest BCUT2D eigenvalue weighted by atomic mass is 10.2. The van der Waals surface area contributed by atoms with Gasteiger partial charge in [-0.05, 0) is 66.9 Å². The summed E-state index contributed by atoms with van der Waals surface area (Å²) in [5.74, 6) is 0.496. The Morgan fingerprint density at radius 3 is 2.53 bits per heavy atom. The highest BCUT2D eigenvalue weighted by molar-refractivity contribution is 6.05. The molecule has 0 saturated carbocycles. The van der Waals surface area contributed by atoms with Crippen molar-refractivity contribution in [3.05, 3.63) is 77.9 Å². The van der Waals surface area contributed by atoms with E-state index in [9.17, 15) is 4.79 Å². The minimum Gasteiger partial charge on any atom is -0.494 e. The Kier molecular flexibility index (Phi) is 5.75. The number of nitrogens with one attached hydrogen (secondary N) is 1. The first-order valence-electron chi connectivity index (χ1n) is 10.2. The molecule has 1 aromatic heterocycles. The van der Waals surface area contributed by atoms with E-state index in [1.807, 2.05) is 49.4 Å². The number of ether oxygens (including phenoxy) is 1. The molecule has 0 saturated heterocycles. The number of hydrogen-bond acceptors (Lipinski definition) is 4. The lowest BCUT2D eigenvalue weighted by Gasteiger charge is -2.08. The van der Waals surface area contributed by atoms with Crippen LogP contribution in [0.3, 0.4) is 0 Å². The van der Waals surface area contributed by atoms with Gasteiger partial charge in [0.15, 0.2) is 0 Å². The highest BCUT2D eigenvalue weighted by Gasteiger charge is 2.10. The fraction of sp³-hybridized carbons (Fsp3) is 0.208. The van der Waals surface area contributed by atoms with Gasteiger partial charge in [0.1, 0.15) is 16.8 Å². The van der Waals surface area contributed by atoms with Crippen LogP contribution in [0.4, 0.5) is 5.69 Å². The minimum absolute atomic E-state index is 0.196. The highest BCUT2D eigenvalue weighted by Crippen LogP contribution is 2.20. The average Bonchev–Trinajstić information content (AvgIpc) is 3.21. The van der Waals surface area contributed by atoms with E-state index in [4.69, 9.17) is 4.74 Å². The van der Waals surface area contributed by atoms with Crippen molar-refractivity contribution < 1.29 is 9.53 Å². The van der Waals surface area contributed by atoms with Gasteiger partial charge in [0, 0.05) is 11.3 Å². The number of amides is 1. The number of carbonyl (C=O) groups excluding carboxylic acids is 1. The Morgan fingerprint density at radius 1 is 0.967 bits per heavy atom. The molecule has 30 heavy (non-hydrogen) atoms. The van der Waals surface area contributed by atoms with Gasteiger partial charge in [-0.2, -0.15) is 4.80 Å². The van der Waals surface area contributed by atoms with Crippen molar-refractivity contribution in [3.8, 4) is 11.4 Å². The second-order valence-corrected chi connectivity index (χ2v) is 7.04. The molecule has 1 amide bonds. The molecule has 0 aliphatic carbocycles. The van der Waals surface area contributed by atoms with Crippen LogP contribution in [0.5, 0.6) is 5.75 Å². The molecule has 0 radical (unpaired) electrons. The molecule has 3 aromatic carbocycles. The van der Waals surface area contributed by atoms with Gasteiger partial charge < -0.3 is 10.1 Å². The molecule has 0 unspecified atom stereocenters. The quantitative estimate of drug-likeness (QED) is 0.473. The first kappa shape index (κ1) is 19.6. The zero-order chi connectivity index (χ0) is 20.9. The molecule has 152 valence electrons. The van der Waals surface area contributed by atoms with Gasteiger partial charge in [-0.15, -0.1) is 10.2 Å². The van der Waals surface area contributed by atoms with Gasteiger partial charge >= 0.3 is 0 Å². The summed E-state index contributed by atoms with van der Waals surface area (Å²) in [7, 11) is 0. The fourth-order valence-electron chi connectivity index (χ4n) is 3.12. The summed E-state index contributed by atoms with van der Waals surface area (Å²) in [5.41, 5.74) is 4.86. The number of fused-ring (bicyclic) bond motifs is 1. The van der Waals surface area contributed by atoms with Crippen molar-refractivity contribution in [2.45, 2.75) is 26.7 Å². The second-order valence-electron chi connectivity index (χ2n) is 7.04. The van der Waals surface area contributed by atoms with Crippen molar-refractivity contribution in [3.63, 3.8) is 0 Å². The summed E-state index contributed by atoms with van der Waals surface area (Å²) < 4.78 is 5.61. The summed E-state index contributed by atoms with van der Waals surface area (Å²) >= 11 is 0.